The van der Waals surface area contributed by atoms with Crippen molar-refractivity contribution in [2.45, 2.75) is 19.5 Å². The molecule has 1 N–H and O–H groups in total. The summed E-state index contributed by atoms with van der Waals surface area (Å²) >= 11 is 0. The van der Waals surface area contributed by atoms with Crippen molar-refractivity contribution in [2.24, 2.45) is 11.8 Å². The lowest BCUT2D eigenvalue weighted by atomic mass is 9.89. The molecule has 3 heterocycles. The van der Waals surface area contributed by atoms with Gasteiger partial charge in [-0.2, -0.15) is 0 Å². The molecule has 1 fully saturated rings. The Morgan fingerprint density at radius 3 is 2.81 bits per heavy atom. The van der Waals surface area contributed by atoms with Crippen molar-refractivity contribution >= 4 is 11.6 Å². The summed E-state index contributed by atoms with van der Waals surface area (Å²) in [5.41, 5.74) is 1.58. The number of aromatic nitrogens is 3. The number of anilines is 1. The third-order valence-corrected chi connectivity index (χ3v) is 6.21. The number of para-hydroxylation sites is 1. The van der Waals surface area contributed by atoms with Crippen LogP contribution in [-0.2, 0) is 19.5 Å². The van der Waals surface area contributed by atoms with Crippen LogP contribution in [0.5, 0.6) is 5.75 Å². The lowest BCUT2D eigenvalue weighted by molar-refractivity contribution is 0.100. The van der Waals surface area contributed by atoms with Crippen LogP contribution in [0.4, 0.5) is 10.1 Å². The average Bonchev–Trinajstić information content (AvgIpc) is 3.35. The van der Waals surface area contributed by atoms with Crippen LogP contribution in [-0.4, -0.2) is 45.8 Å². The SMILES string of the molecule is COc1ccccc1CN1CC2Cc3nnc(C(=O)Nc4cccc(F)c4)n3CC2C1. The van der Waals surface area contributed by atoms with Crippen LogP contribution in [0.3, 0.4) is 0 Å². The van der Waals surface area contributed by atoms with E-state index in [0.29, 0.717) is 24.1 Å². The first-order valence-corrected chi connectivity index (χ1v) is 10.4. The first-order valence-electron chi connectivity index (χ1n) is 10.4. The number of ether oxygens (including phenoxy) is 1. The maximum Gasteiger partial charge on any atom is 0.293 e. The van der Waals surface area contributed by atoms with Crippen LogP contribution >= 0.6 is 0 Å². The quantitative estimate of drug-likeness (QED) is 0.686. The maximum atomic E-state index is 13.4. The van der Waals surface area contributed by atoms with Gasteiger partial charge in [-0.1, -0.05) is 24.3 Å². The van der Waals surface area contributed by atoms with Crippen LogP contribution in [0.2, 0.25) is 0 Å². The second-order valence-corrected chi connectivity index (χ2v) is 8.25. The van der Waals surface area contributed by atoms with E-state index in [-0.39, 0.29) is 11.7 Å². The Morgan fingerprint density at radius 2 is 1.97 bits per heavy atom. The Kier molecular flexibility index (Phi) is 5.15. The van der Waals surface area contributed by atoms with Crippen LogP contribution in [0, 0.1) is 17.7 Å². The second-order valence-electron chi connectivity index (χ2n) is 8.25. The number of rotatable bonds is 5. The molecule has 2 atom stereocenters. The first kappa shape index (κ1) is 19.7. The van der Waals surface area contributed by atoms with Crippen molar-refractivity contribution in [3.05, 3.63) is 71.6 Å². The van der Waals surface area contributed by atoms with Gasteiger partial charge in [-0.3, -0.25) is 9.69 Å². The van der Waals surface area contributed by atoms with Crippen molar-refractivity contribution in [1.29, 1.82) is 0 Å². The van der Waals surface area contributed by atoms with E-state index in [1.807, 2.05) is 22.8 Å². The molecular weight excluding hydrogens is 397 g/mol. The monoisotopic (exact) mass is 421 g/mol. The van der Waals surface area contributed by atoms with Gasteiger partial charge in [0.2, 0.25) is 5.82 Å². The number of halogens is 1. The van der Waals surface area contributed by atoms with E-state index in [4.69, 9.17) is 4.74 Å². The molecule has 3 aromatic rings. The van der Waals surface area contributed by atoms with Gasteiger partial charge in [0.1, 0.15) is 17.4 Å². The Morgan fingerprint density at radius 1 is 1.13 bits per heavy atom. The molecule has 2 aromatic carbocycles. The first-order chi connectivity index (χ1) is 15.1. The van der Waals surface area contributed by atoms with Gasteiger partial charge in [-0.05, 0) is 36.1 Å². The van der Waals surface area contributed by atoms with Gasteiger partial charge in [0, 0.05) is 43.9 Å². The summed E-state index contributed by atoms with van der Waals surface area (Å²) in [7, 11) is 1.70. The maximum absolute atomic E-state index is 13.4. The van der Waals surface area contributed by atoms with E-state index in [2.05, 4.69) is 26.5 Å². The number of carbonyl (C=O) groups excluding carboxylic acids is 1. The average molecular weight is 421 g/mol. The summed E-state index contributed by atoms with van der Waals surface area (Å²) in [6.45, 7) is 3.48. The zero-order valence-electron chi connectivity index (χ0n) is 17.3. The molecule has 2 aliphatic rings. The Hall–Kier alpha value is -3.26. The molecule has 31 heavy (non-hydrogen) atoms. The Bertz CT molecular complexity index is 1110. The highest BCUT2D eigenvalue weighted by molar-refractivity contribution is 6.01. The molecule has 0 bridgehead atoms. The molecule has 8 heteroatoms. The fourth-order valence-corrected chi connectivity index (χ4v) is 4.75. The van der Waals surface area contributed by atoms with E-state index in [1.165, 1.54) is 17.7 Å². The van der Waals surface area contributed by atoms with Gasteiger partial charge in [-0.15, -0.1) is 10.2 Å². The van der Waals surface area contributed by atoms with Crippen molar-refractivity contribution in [3.63, 3.8) is 0 Å². The summed E-state index contributed by atoms with van der Waals surface area (Å²) in [4.78, 5) is 15.2. The molecule has 160 valence electrons. The molecule has 7 nitrogen and oxygen atoms in total. The molecular formula is C23H24FN5O2. The van der Waals surface area contributed by atoms with Crippen LogP contribution in [0.15, 0.2) is 48.5 Å². The molecule has 2 aliphatic heterocycles. The number of nitrogens with one attached hydrogen (secondary N) is 1. The zero-order chi connectivity index (χ0) is 21.4. The third-order valence-electron chi connectivity index (χ3n) is 6.21. The minimum Gasteiger partial charge on any atom is -0.496 e. The largest absolute Gasteiger partial charge is 0.496 e. The number of likely N-dealkylation sites (tertiary alicyclic amines) is 1. The van der Waals surface area contributed by atoms with Crippen LogP contribution in [0.1, 0.15) is 22.0 Å². The van der Waals surface area contributed by atoms with Gasteiger partial charge in [0.15, 0.2) is 0 Å². The Balaban J connectivity index is 1.28. The molecule has 5 rings (SSSR count). The number of carbonyl (C=O) groups is 1. The van der Waals surface area contributed by atoms with Crippen molar-refractivity contribution in [3.8, 4) is 5.75 Å². The number of amides is 1. The molecule has 1 saturated heterocycles. The summed E-state index contributed by atoms with van der Waals surface area (Å²) in [5, 5.41) is 11.1. The topological polar surface area (TPSA) is 72.3 Å². The van der Waals surface area contributed by atoms with Crippen LogP contribution < -0.4 is 10.1 Å². The number of nitrogens with zero attached hydrogens (tertiary/aromatic N) is 4. The molecule has 0 spiro atoms. The third kappa shape index (κ3) is 3.90. The predicted octanol–water partition coefficient (Wildman–Crippen LogP) is 2.98. The second kappa shape index (κ2) is 8.11. The Labute approximate surface area is 179 Å². The number of hydrogen-bond acceptors (Lipinski definition) is 5. The summed E-state index contributed by atoms with van der Waals surface area (Å²) < 4.78 is 20.8. The molecule has 0 saturated carbocycles. The fourth-order valence-electron chi connectivity index (χ4n) is 4.75. The fraction of sp³-hybridized carbons (Fsp3) is 0.348. The van der Waals surface area contributed by atoms with Gasteiger partial charge < -0.3 is 14.6 Å². The van der Waals surface area contributed by atoms with E-state index in [0.717, 1.165) is 37.6 Å². The molecule has 0 aliphatic carbocycles. The predicted molar refractivity (Wildman–Crippen MR) is 113 cm³/mol. The summed E-state index contributed by atoms with van der Waals surface area (Å²) in [6, 6.07) is 13.9. The lowest BCUT2D eigenvalue weighted by Crippen LogP contribution is -2.31. The molecule has 2 unspecified atom stereocenters. The van der Waals surface area contributed by atoms with Crippen molar-refractivity contribution < 1.29 is 13.9 Å². The highest BCUT2D eigenvalue weighted by Gasteiger charge is 2.39. The highest BCUT2D eigenvalue weighted by Crippen LogP contribution is 2.34. The highest BCUT2D eigenvalue weighted by atomic mass is 19.1. The zero-order valence-corrected chi connectivity index (χ0v) is 17.3. The number of benzene rings is 2. The number of methoxy groups -OCH3 is 1. The standard InChI is InChI=1S/C23H24FN5O2/c1-31-20-8-3-2-5-15(20)11-28-12-16-9-21-26-27-22(29(21)14-17(16)13-28)23(30)25-19-7-4-6-18(24)10-19/h2-8,10,16-17H,9,11-14H2,1H3,(H,25,30). The van der Waals surface area contributed by atoms with Gasteiger partial charge >= 0.3 is 0 Å². The van der Waals surface area contributed by atoms with E-state index < -0.39 is 5.82 Å². The number of fused-ring (bicyclic) bond motifs is 2. The molecule has 1 aromatic heterocycles. The van der Waals surface area contributed by atoms with E-state index in [9.17, 15) is 9.18 Å². The van der Waals surface area contributed by atoms with Gasteiger partial charge in [0.25, 0.3) is 5.91 Å². The van der Waals surface area contributed by atoms with E-state index in [1.54, 1.807) is 19.2 Å². The minimum atomic E-state index is -0.398. The smallest absolute Gasteiger partial charge is 0.293 e. The molecule has 0 radical (unpaired) electrons. The van der Waals surface area contributed by atoms with Gasteiger partial charge in [0.05, 0.1) is 7.11 Å². The lowest BCUT2D eigenvalue weighted by Gasteiger charge is -2.25. The van der Waals surface area contributed by atoms with E-state index >= 15 is 0 Å². The van der Waals surface area contributed by atoms with Crippen molar-refractivity contribution in [1.82, 2.24) is 19.7 Å². The molecule has 1 amide bonds. The normalized spacial score (nSPS) is 20.2. The minimum absolute atomic E-state index is 0.279. The summed E-state index contributed by atoms with van der Waals surface area (Å²) in [6.07, 6.45) is 0.799. The van der Waals surface area contributed by atoms with Crippen molar-refractivity contribution in [2.75, 3.05) is 25.5 Å². The summed E-state index contributed by atoms with van der Waals surface area (Å²) in [5.74, 6) is 2.18. The van der Waals surface area contributed by atoms with Gasteiger partial charge in [-0.25, -0.2) is 4.39 Å². The number of hydrogen-bond donors (Lipinski definition) is 1. The van der Waals surface area contributed by atoms with Crippen LogP contribution in [0.25, 0.3) is 0 Å².